The molecule has 0 aliphatic carbocycles. The highest BCUT2D eigenvalue weighted by Crippen LogP contribution is 2.24. The highest BCUT2D eigenvalue weighted by Gasteiger charge is 2.25. The SMILES string of the molecule is CC(CS(=O)(=O)O)C(C)(C)S.N. The van der Waals surface area contributed by atoms with E-state index in [9.17, 15) is 8.42 Å². The standard InChI is InChI=1S/C6H14O3S2.H3N/c1-5(6(2,3)10)4-11(7,8)9;/h5,10H,4H2,1-3H3,(H,7,8,9);1H3. The van der Waals surface area contributed by atoms with Crippen LogP contribution in [0.3, 0.4) is 0 Å². The Morgan fingerprint density at radius 2 is 1.83 bits per heavy atom. The lowest BCUT2D eigenvalue weighted by Crippen LogP contribution is -2.28. The van der Waals surface area contributed by atoms with Crippen LogP contribution in [0, 0.1) is 5.92 Å². The molecule has 0 aliphatic heterocycles. The molecular weight excluding hydrogens is 198 g/mol. The molecule has 0 radical (unpaired) electrons. The first-order valence-electron chi connectivity index (χ1n) is 3.30. The van der Waals surface area contributed by atoms with Crippen LogP contribution in [0.4, 0.5) is 0 Å². The van der Waals surface area contributed by atoms with Gasteiger partial charge in [-0.1, -0.05) is 20.8 Å². The largest absolute Gasteiger partial charge is 0.344 e. The maximum absolute atomic E-state index is 10.4. The lowest BCUT2D eigenvalue weighted by Gasteiger charge is -2.24. The number of hydrogen-bond acceptors (Lipinski definition) is 4. The maximum Gasteiger partial charge on any atom is 0.265 e. The minimum Gasteiger partial charge on any atom is -0.344 e. The molecule has 0 heterocycles. The van der Waals surface area contributed by atoms with Crippen molar-refractivity contribution < 1.29 is 13.0 Å². The van der Waals surface area contributed by atoms with Gasteiger partial charge < -0.3 is 6.15 Å². The van der Waals surface area contributed by atoms with Gasteiger partial charge in [-0.15, -0.1) is 0 Å². The average molecular weight is 215 g/mol. The third-order valence-electron chi connectivity index (χ3n) is 1.67. The monoisotopic (exact) mass is 215 g/mol. The van der Waals surface area contributed by atoms with E-state index in [2.05, 4.69) is 12.6 Å². The number of thiol groups is 1. The molecule has 6 heteroatoms. The van der Waals surface area contributed by atoms with Gasteiger partial charge in [0.05, 0.1) is 5.75 Å². The fourth-order valence-electron chi connectivity index (χ4n) is 0.520. The van der Waals surface area contributed by atoms with Gasteiger partial charge in [-0.25, -0.2) is 0 Å². The van der Waals surface area contributed by atoms with E-state index >= 15 is 0 Å². The molecule has 1 unspecified atom stereocenters. The summed E-state index contributed by atoms with van der Waals surface area (Å²) in [6.45, 7) is 5.36. The van der Waals surface area contributed by atoms with Gasteiger partial charge in [-0.3, -0.25) is 4.55 Å². The van der Waals surface area contributed by atoms with Crippen molar-refractivity contribution in [2.24, 2.45) is 5.92 Å². The molecule has 12 heavy (non-hydrogen) atoms. The Labute approximate surface area is 79.5 Å². The van der Waals surface area contributed by atoms with E-state index < -0.39 is 10.1 Å². The van der Waals surface area contributed by atoms with Crippen molar-refractivity contribution in [3.8, 4) is 0 Å². The fraction of sp³-hybridized carbons (Fsp3) is 1.00. The Kier molecular flexibility index (Phi) is 5.47. The van der Waals surface area contributed by atoms with Crippen LogP contribution in [0.1, 0.15) is 20.8 Å². The molecule has 0 aromatic rings. The predicted octanol–water partition coefficient (Wildman–Crippen LogP) is 1.38. The van der Waals surface area contributed by atoms with Crippen molar-refractivity contribution in [2.45, 2.75) is 25.5 Å². The molecule has 4 nitrogen and oxygen atoms in total. The van der Waals surface area contributed by atoms with Crippen LogP contribution in [-0.4, -0.2) is 23.5 Å². The highest BCUT2D eigenvalue weighted by molar-refractivity contribution is 7.86. The van der Waals surface area contributed by atoms with Crippen LogP contribution in [-0.2, 0) is 10.1 Å². The summed E-state index contributed by atoms with van der Waals surface area (Å²) in [5.41, 5.74) is 0. The summed E-state index contributed by atoms with van der Waals surface area (Å²) < 4.78 is 28.9. The molecule has 0 aromatic heterocycles. The molecule has 0 fully saturated rings. The predicted molar refractivity (Wildman–Crippen MR) is 53.7 cm³/mol. The Morgan fingerprint density at radius 1 is 1.50 bits per heavy atom. The maximum atomic E-state index is 10.4. The molecule has 0 rings (SSSR count). The van der Waals surface area contributed by atoms with Crippen molar-refractivity contribution in [1.82, 2.24) is 6.15 Å². The molecule has 0 aliphatic rings. The van der Waals surface area contributed by atoms with E-state index in [-0.39, 0.29) is 22.6 Å². The van der Waals surface area contributed by atoms with Crippen molar-refractivity contribution >= 4 is 22.7 Å². The number of rotatable bonds is 3. The minimum absolute atomic E-state index is 0. The summed E-state index contributed by atoms with van der Waals surface area (Å²) in [7, 11) is -3.86. The van der Waals surface area contributed by atoms with Gasteiger partial charge in [0.25, 0.3) is 10.1 Å². The van der Waals surface area contributed by atoms with Crippen molar-refractivity contribution in [1.29, 1.82) is 0 Å². The van der Waals surface area contributed by atoms with Crippen LogP contribution in [0.25, 0.3) is 0 Å². The first-order chi connectivity index (χ1) is 4.63. The van der Waals surface area contributed by atoms with E-state index in [0.717, 1.165) is 0 Å². The summed E-state index contributed by atoms with van der Waals surface area (Å²) in [4.78, 5) is 0. The fourth-order valence-corrected chi connectivity index (χ4v) is 1.78. The molecule has 0 bridgehead atoms. The highest BCUT2D eigenvalue weighted by atomic mass is 32.2. The lowest BCUT2D eigenvalue weighted by atomic mass is 9.99. The topological polar surface area (TPSA) is 89.4 Å². The molecule has 0 amide bonds. The van der Waals surface area contributed by atoms with Crippen LogP contribution >= 0.6 is 12.6 Å². The van der Waals surface area contributed by atoms with Crippen LogP contribution < -0.4 is 6.15 Å². The zero-order valence-electron chi connectivity index (χ0n) is 7.61. The van der Waals surface area contributed by atoms with Crippen molar-refractivity contribution in [3.63, 3.8) is 0 Å². The molecule has 76 valence electrons. The third kappa shape index (κ3) is 6.90. The molecule has 1 atom stereocenters. The Bertz CT molecular complexity index is 217. The first kappa shape index (κ1) is 14.7. The van der Waals surface area contributed by atoms with Gasteiger partial charge in [-0.05, 0) is 5.92 Å². The lowest BCUT2D eigenvalue weighted by molar-refractivity contribution is 0.446. The molecular formula is C6H17NO3S2. The van der Waals surface area contributed by atoms with Gasteiger partial charge >= 0.3 is 0 Å². The Hall–Kier alpha value is 0.220. The van der Waals surface area contributed by atoms with Crippen LogP contribution in [0.15, 0.2) is 0 Å². The Morgan fingerprint density at radius 3 is 1.92 bits per heavy atom. The summed E-state index contributed by atoms with van der Waals surface area (Å²) in [5.74, 6) is -0.399. The summed E-state index contributed by atoms with van der Waals surface area (Å²) in [6, 6.07) is 0. The third-order valence-corrected chi connectivity index (χ3v) is 3.03. The van der Waals surface area contributed by atoms with Crippen LogP contribution in [0.2, 0.25) is 0 Å². The molecule has 4 N–H and O–H groups in total. The van der Waals surface area contributed by atoms with E-state index in [1.54, 1.807) is 6.92 Å². The van der Waals surface area contributed by atoms with Gasteiger partial charge in [0.1, 0.15) is 0 Å². The van der Waals surface area contributed by atoms with E-state index in [0.29, 0.717) is 0 Å². The summed E-state index contributed by atoms with van der Waals surface area (Å²) >= 11 is 4.19. The Balaban J connectivity index is 0. The van der Waals surface area contributed by atoms with Crippen molar-refractivity contribution in [2.75, 3.05) is 5.75 Å². The average Bonchev–Trinajstić information content (AvgIpc) is 1.56. The second-order valence-corrected chi connectivity index (χ2v) is 5.95. The minimum atomic E-state index is -3.86. The molecule has 0 spiro atoms. The summed E-state index contributed by atoms with van der Waals surface area (Å²) in [5, 5.41) is 0. The van der Waals surface area contributed by atoms with Crippen LogP contribution in [0.5, 0.6) is 0 Å². The molecule has 0 saturated heterocycles. The number of hydrogen-bond donors (Lipinski definition) is 3. The van der Waals surface area contributed by atoms with Gasteiger partial charge in [0.2, 0.25) is 0 Å². The van der Waals surface area contributed by atoms with Crippen molar-refractivity contribution in [3.05, 3.63) is 0 Å². The molecule has 0 saturated carbocycles. The second-order valence-electron chi connectivity index (χ2n) is 3.30. The van der Waals surface area contributed by atoms with E-state index in [1.165, 1.54) is 0 Å². The molecule has 0 aromatic carbocycles. The van der Waals surface area contributed by atoms with E-state index in [1.807, 2.05) is 13.8 Å². The first-order valence-corrected chi connectivity index (χ1v) is 5.36. The van der Waals surface area contributed by atoms with Gasteiger partial charge in [0.15, 0.2) is 0 Å². The normalized spacial score (nSPS) is 15.1. The smallest absolute Gasteiger partial charge is 0.265 e. The van der Waals surface area contributed by atoms with Gasteiger partial charge in [-0.2, -0.15) is 21.0 Å². The second kappa shape index (κ2) is 4.45. The quantitative estimate of drug-likeness (QED) is 0.490. The van der Waals surface area contributed by atoms with Gasteiger partial charge in [0, 0.05) is 4.75 Å². The zero-order valence-corrected chi connectivity index (χ0v) is 9.32. The van der Waals surface area contributed by atoms with E-state index in [4.69, 9.17) is 4.55 Å². The summed E-state index contributed by atoms with van der Waals surface area (Å²) in [6.07, 6.45) is 0. The zero-order chi connectivity index (χ0) is 9.28.